The van der Waals surface area contributed by atoms with Crippen molar-refractivity contribution < 1.29 is 5.11 Å². The van der Waals surface area contributed by atoms with Crippen LogP contribution in [0.15, 0.2) is 30.6 Å². The van der Waals surface area contributed by atoms with Crippen LogP contribution in [-0.4, -0.2) is 21.6 Å². The number of aromatic nitrogens is 2. The number of phenols is 1. The maximum atomic E-state index is 9.45. The van der Waals surface area contributed by atoms with Gasteiger partial charge in [-0.05, 0) is 36.1 Å². The van der Waals surface area contributed by atoms with Gasteiger partial charge in [-0.1, -0.05) is 6.07 Å². The molecule has 0 amide bonds. The number of aromatic amines is 1. The molecule has 4 heteroatoms. The van der Waals surface area contributed by atoms with Crippen molar-refractivity contribution in [1.82, 2.24) is 15.3 Å². The van der Waals surface area contributed by atoms with Gasteiger partial charge in [0.05, 0.1) is 0 Å². The number of fused-ring (bicyclic) bond motifs is 1. The van der Waals surface area contributed by atoms with E-state index in [-0.39, 0.29) is 0 Å². The molecular weight excluding hydrogens is 226 g/mol. The van der Waals surface area contributed by atoms with Gasteiger partial charge in [0, 0.05) is 31.4 Å². The highest BCUT2D eigenvalue weighted by atomic mass is 16.3. The number of aryl methyl sites for hydroxylation is 1. The van der Waals surface area contributed by atoms with E-state index in [1.165, 1.54) is 11.1 Å². The quantitative estimate of drug-likeness (QED) is 0.769. The monoisotopic (exact) mass is 243 g/mol. The van der Waals surface area contributed by atoms with Gasteiger partial charge in [-0.2, -0.15) is 0 Å². The number of phenolic OH excluding ortho intramolecular Hbond substituents is 1. The Bertz CT molecular complexity index is 522. The van der Waals surface area contributed by atoms with E-state index in [2.05, 4.69) is 15.3 Å². The number of H-pyrrole nitrogens is 1. The highest BCUT2D eigenvalue weighted by Crippen LogP contribution is 2.32. The summed E-state index contributed by atoms with van der Waals surface area (Å²) in [5, 5.41) is 13.0. The van der Waals surface area contributed by atoms with Gasteiger partial charge in [0.1, 0.15) is 11.6 Å². The van der Waals surface area contributed by atoms with Gasteiger partial charge >= 0.3 is 0 Å². The lowest BCUT2D eigenvalue weighted by Gasteiger charge is -2.13. The summed E-state index contributed by atoms with van der Waals surface area (Å²) in [7, 11) is 0. The first-order valence-corrected chi connectivity index (χ1v) is 6.36. The Kier molecular flexibility index (Phi) is 3.02. The highest BCUT2D eigenvalue weighted by Gasteiger charge is 2.21. The fraction of sp³-hybridized carbons (Fsp3) is 0.357. The first-order chi connectivity index (χ1) is 8.83. The Morgan fingerprint density at radius 2 is 2.39 bits per heavy atom. The SMILES string of the molecule is Oc1ccc2c(c1)CCC2NCCc1ncc[nH]1. The van der Waals surface area contributed by atoms with Crippen LogP contribution in [-0.2, 0) is 12.8 Å². The van der Waals surface area contributed by atoms with E-state index in [9.17, 15) is 5.11 Å². The molecule has 0 saturated carbocycles. The Labute approximate surface area is 106 Å². The Morgan fingerprint density at radius 1 is 1.44 bits per heavy atom. The molecule has 1 heterocycles. The summed E-state index contributed by atoms with van der Waals surface area (Å²) in [6.45, 7) is 0.915. The minimum Gasteiger partial charge on any atom is -0.508 e. The van der Waals surface area contributed by atoms with Crippen molar-refractivity contribution in [2.24, 2.45) is 0 Å². The fourth-order valence-electron chi connectivity index (χ4n) is 2.62. The second kappa shape index (κ2) is 4.82. The van der Waals surface area contributed by atoms with E-state index in [0.717, 1.165) is 31.6 Å². The summed E-state index contributed by atoms with van der Waals surface area (Å²) in [6, 6.07) is 6.09. The predicted molar refractivity (Wildman–Crippen MR) is 69.5 cm³/mol. The lowest BCUT2D eigenvalue weighted by atomic mass is 10.1. The zero-order valence-corrected chi connectivity index (χ0v) is 10.2. The van der Waals surface area contributed by atoms with Gasteiger partial charge < -0.3 is 15.4 Å². The third-order valence-electron chi connectivity index (χ3n) is 3.51. The average Bonchev–Trinajstić information content (AvgIpc) is 2.99. The molecule has 3 rings (SSSR count). The third-order valence-corrected chi connectivity index (χ3v) is 3.51. The van der Waals surface area contributed by atoms with E-state index in [1.807, 2.05) is 18.3 Å². The summed E-state index contributed by atoms with van der Waals surface area (Å²) < 4.78 is 0. The van der Waals surface area contributed by atoms with Gasteiger partial charge in [0.25, 0.3) is 0 Å². The van der Waals surface area contributed by atoms with Gasteiger partial charge in [0.2, 0.25) is 0 Å². The lowest BCUT2D eigenvalue weighted by molar-refractivity contribution is 0.474. The molecule has 1 aromatic heterocycles. The molecule has 2 aromatic rings. The first kappa shape index (κ1) is 11.3. The number of imidazole rings is 1. The summed E-state index contributed by atoms with van der Waals surface area (Å²) in [4.78, 5) is 7.31. The second-order valence-corrected chi connectivity index (χ2v) is 4.71. The van der Waals surface area contributed by atoms with Crippen LogP contribution in [0.3, 0.4) is 0 Å². The van der Waals surface area contributed by atoms with Crippen molar-refractivity contribution in [1.29, 1.82) is 0 Å². The number of nitrogens with zero attached hydrogens (tertiary/aromatic N) is 1. The molecular formula is C14H17N3O. The van der Waals surface area contributed by atoms with Crippen molar-refractivity contribution in [2.45, 2.75) is 25.3 Å². The summed E-state index contributed by atoms with van der Waals surface area (Å²) in [5.74, 6) is 1.39. The van der Waals surface area contributed by atoms with Crippen LogP contribution in [0, 0.1) is 0 Å². The molecule has 18 heavy (non-hydrogen) atoms. The van der Waals surface area contributed by atoms with Gasteiger partial charge in [-0.3, -0.25) is 0 Å². The Balaban J connectivity index is 1.59. The van der Waals surface area contributed by atoms with Gasteiger partial charge in [-0.15, -0.1) is 0 Å². The number of nitrogens with one attached hydrogen (secondary N) is 2. The smallest absolute Gasteiger partial charge is 0.115 e. The largest absolute Gasteiger partial charge is 0.508 e. The lowest BCUT2D eigenvalue weighted by Crippen LogP contribution is -2.22. The van der Waals surface area contributed by atoms with E-state index < -0.39 is 0 Å². The maximum Gasteiger partial charge on any atom is 0.115 e. The van der Waals surface area contributed by atoms with Crippen LogP contribution >= 0.6 is 0 Å². The number of hydrogen-bond donors (Lipinski definition) is 3. The summed E-state index contributed by atoms with van der Waals surface area (Å²) >= 11 is 0. The summed E-state index contributed by atoms with van der Waals surface area (Å²) in [5.41, 5.74) is 2.60. The molecule has 0 fully saturated rings. The molecule has 3 N–H and O–H groups in total. The Hall–Kier alpha value is -1.81. The molecule has 1 aliphatic rings. The van der Waals surface area contributed by atoms with Crippen LogP contribution in [0.25, 0.3) is 0 Å². The van der Waals surface area contributed by atoms with Crippen LogP contribution in [0.5, 0.6) is 5.75 Å². The molecule has 0 radical (unpaired) electrons. The number of benzene rings is 1. The molecule has 1 unspecified atom stereocenters. The fourth-order valence-corrected chi connectivity index (χ4v) is 2.62. The minimum atomic E-state index is 0.366. The molecule has 1 atom stereocenters. The van der Waals surface area contributed by atoms with Crippen molar-refractivity contribution >= 4 is 0 Å². The molecule has 4 nitrogen and oxygen atoms in total. The molecule has 0 spiro atoms. The van der Waals surface area contributed by atoms with Crippen molar-refractivity contribution in [3.05, 3.63) is 47.5 Å². The van der Waals surface area contributed by atoms with Crippen molar-refractivity contribution in [3.63, 3.8) is 0 Å². The summed E-state index contributed by atoms with van der Waals surface area (Å²) in [6.07, 6.45) is 6.70. The van der Waals surface area contributed by atoms with Gasteiger partial charge in [-0.25, -0.2) is 4.98 Å². The third kappa shape index (κ3) is 2.24. The van der Waals surface area contributed by atoms with E-state index in [1.54, 1.807) is 12.3 Å². The van der Waals surface area contributed by atoms with Crippen molar-refractivity contribution in [2.75, 3.05) is 6.54 Å². The van der Waals surface area contributed by atoms with E-state index in [4.69, 9.17) is 0 Å². The second-order valence-electron chi connectivity index (χ2n) is 4.71. The van der Waals surface area contributed by atoms with E-state index in [0.29, 0.717) is 11.8 Å². The minimum absolute atomic E-state index is 0.366. The van der Waals surface area contributed by atoms with E-state index >= 15 is 0 Å². The molecule has 1 aliphatic carbocycles. The molecule has 94 valence electrons. The average molecular weight is 243 g/mol. The molecule has 0 aliphatic heterocycles. The first-order valence-electron chi connectivity index (χ1n) is 6.36. The molecule has 0 saturated heterocycles. The predicted octanol–water partition coefficient (Wildman–Crippen LogP) is 1.93. The topological polar surface area (TPSA) is 60.9 Å². The zero-order chi connectivity index (χ0) is 12.4. The standard InChI is InChI=1S/C14H17N3O/c18-11-2-3-12-10(9-11)1-4-13(12)15-6-5-14-16-7-8-17-14/h2-3,7-9,13,15,18H,1,4-6H2,(H,16,17). The number of rotatable bonds is 4. The van der Waals surface area contributed by atoms with Crippen LogP contribution in [0.2, 0.25) is 0 Å². The van der Waals surface area contributed by atoms with Gasteiger partial charge in [0.15, 0.2) is 0 Å². The van der Waals surface area contributed by atoms with Crippen molar-refractivity contribution in [3.8, 4) is 5.75 Å². The number of hydrogen-bond acceptors (Lipinski definition) is 3. The zero-order valence-electron chi connectivity index (χ0n) is 10.2. The Morgan fingerprint density at radius 3 is 3.22 bits per heavy atom. The highest BCUT2D eigenvalue weighted by molar-refractivity contribution is 5.39. The van der Waals surface area contributed by atoms with Crippen LogP contribution in [0.4, 0.5) is 0 Å². The maximum absolute atomic E-state index is 9.45. The molecule has 0 bridgehead atoms. The van der Waals surface area contributed by atoms with Crippen LogP contribution in [0.1, 0.15) is 29.4 Å². The molecule has 1 aromatic carbocycles. The normalized spacial score (nSPS) is 17.9. The number of aromatic hydroxyl groups is 1. The van der Waals surface area contributed by atoms with Crippen LogP contribution < -0.4 is 5.32 Å².